The highest BCUT2D eigenvalue weighted by Crippen LogP contribution is 2.38. The summed E-state index contributed by atoms with van der Waals surface area (Å²) in [6.07, 6.45) is -0.0815. The van der Waals surface area contributed by atoms with E-state index in [-0.39, 0.29) is 60.4 Å². The molecule has 5 aromatic rings. The summed E-state index contributed by atoms with van der Waals surface area (Å²) < 4.78 is 97.0. The highest BCUT2D eigenvalue weighted by Gasteiger charge is 2.31. The average Bonchev–Trinajstić information content (AvgIpc) is 3.67. The number of sulfonamides is 1. The van der Waals surface area contributed by atoms with Crippen molar-refractivity contribution in [2.45, 2.75) is 31.3 Å². The number of carbonyl (C=O) groups is 3. The van der Waals surface area contributed by atoms with Crippen molar-refractivity contribution in [1.29, 1.82) is 0 Å². The van der Waals surface area contributed by atoms with Gasteiger partial charge in [0.2, 0.25) is 11.8 Å². The quantitative estimate of drug-likeness (QED) is 0.0442. The zero-order valence-electron chi connectivity index (χ0n) is 35.7. The summed E-state index contributed by atoms with van der Waals surface area (Å²) in [5, 5.41) is 22.2. The summed E-state index contributed by atoms with van der Waals surface area (Å²) in [6.45, 7) is 2.41. The number of rotatable bonds is 14. The summed E-state index contributed by atoms with van der Waals surface area (Å²) in [5.41, 5.74) is -0.414. The molecule has 0 aliphatic carbocycles. The van der Waals surface area contributed by atoms with Gasteiger partial charge in [-0.1, -0.05) is 52.5 Å². The number of aromatic nitrogens is 4. The molecular formula is C37H40Cl4F3N6O14PS2. The standard InChI is InChI=1S/C17H11Cl2F3O5.C14H13Cl2N5O4S.C3H8NO5P.C3H9S/c1-8(15(23)24)26-16(25)11-7-10(3-4-12(11)18)27-14-5-2-9(6-13(14)19)17(20,21)22;1-7-4-5-8(15)12(11(7)16)20-26(22,23)14-18-13-17-9(24-2)6-10(25-3)21(13)19-14;5-3(6)1-4-2-10(7,8)9;1-4(2)3/h2-8H,1H3,(H,23,24);4-6,20H,1-3H3;4H,1-2H2,(H,5,6)(H2,7,8,9);1-3H3/q;;;+1/p-1/t8-;;;/m0.../s1. The second-order valence-electron chi connectivity index (χ2n) is 13.2. The van der Waals surface area contributed by atoms with Crippen LogP contribution in [-0.2, 0) is 46.0 Å². The molecule has 2 aromatic heterocycles. The summed E-state index contributed by atoms with van der Waals surface area (Å²) in [4.78, 5) is 58.5. The summed E-state index contributed by atoms with van der Waals surface area (Å²) in [7, 11) is -5.08. The van der Waals surface area contributed by atoms with Crippen LogP contribution in [0.25, 0.3) is 5.78 Å². The number of alkyl halides is 3. The highest BCUT2D eigenvalue weighted by molar-refractivity contribution is 7.94. The fourth-order valence-corrected chi connectivity index (χ4v) is 6.64. The Bertz CT molecular complexity index is 2710. The van der Waals surface area contributed by atoms with Crippen molar-refractivity contribution in [1.82, 2.24) is 24.9 Å². The lowest BCUT2D eigenvalue weighted by molar-refractivity contribution is -0.193. The SMILES string of the molecule is COc1cc(OC)n2nc(S(=O)(=O)Nc3c(Cl)ccc(C)c3Cl)nc2n1.C[C@H](OC(=O)c1cc(Oc2ccc(C(F)(F)F)cc2Cl)ccc1Cl)C(=O)O.C[S+](C)C.O=C(O)CNCP(=O)([O-])O. The Morgan fingerprint density at radius 3 is 2.07 bits per heavy atom. The molecule has 3 aromatic carbocycles. The second-order valence-corrected chi connectivity index (χ2v) is 20.4. The maximum absolute atomic E-state index is 12.7. The molecule has 0 saturated heterocycles. The lowest BCUT2D eigenvalue weighted by atomic mass is 10.2. The van der Waals surface area contributed by atoms with Crippen LogP contribution in [0.3, 0.4) is 0 Å². The zero-order chi connectivity index (χ0) is 51.2. The molecule has 2 atom stereocenters. The van der Waals surface area contributed by atoms with E-state index in [0.29, 0.717) is 22.5 Å². The number of esters is 1. The summed E-state index contributed by atoms with van der Waals surface area (Å²) in [6, 6.07) is 11.0. The molecule has 30 heteroatoms. The van der Waals surface area contributed by atoms with Gasteiger partial charge in [0, 0.05) is 0 Å². The van der Waals surface area contributed by atoms with Gasteiger partial charge in [-0.05, 0) is 72.8 Å². The smallest absolute Gasteiger partial charge is 0.416 e. The molecule has 2 heterocycles. The van der Waals surface area contributed by atoms with E-state index in [2.05, 4.69) is 38.6 Å². The van der Waals surface area contributed by atoms with Crippen molar-refractivity contribution < 1.29 is 79.5 Å². The number of nitrogens with one attached hydrogen (secondary N) is 2. The van der Waals surface area contributed by atoms with E-state index in [4.69, 9.17) is 80.5 Å². The fourth-order valence-electron chi connectivity index (χ4n) is 4.29. The molecule has 5 rings (SSSR count). The molecule has 0 amide bonds. The summed E-state index contributed by atoms with van der Waals surface area (Å²) in [5.74, 6) is -3.17. The van der Waals surface area contributed by atoms with Crippen LogP contribution in [0.15, 0.2) is 59.8 Å². The Kier molecular flexibility index (Phi) is 22.2. The van der Waals surface area contributed by atoms with Crippen molar-refractivity contribution >= 4 is 104 Å². The van der Waals surface area contributed by atoms with Gasteiger partial charge in [-0.25, -0.2) is 9.59 Å². The van der Waals surface area contributed by atoms with Crippen LogP contribution in [0.1, 0.15) is 28.4 Å². The van der Waals surface area contributed by atoms with Gasteiger partial charge in [0.05, 0.1) is 88.8 Å². The predicted octanol–water partition coefficient (Wildman–Crippen LogP) is 6.65. The van der Waals surface area contributed by atoms with Crippen LogP contribution < -0.4 is 29.1 Å². The van der Waals surface area contributed by atoms with Crippen molar-refractivity contribution in [3.8, 4) is 23.3 Å². The number of fused-ring (bicyclic) bond motifs is 1. The van der Waals surface area contributed by atoms with Crippen molar-refractivity contribution in [2.75, 3.05) is 50.5 Å². The number of benzene rings is 3. The Balaban J connectivity index is 0.000000360. The van der Waals surface area contributed by atoms with Crippen LogP contribution in [0, 0.1) is 6.92 Å². The van der Waals surface area contributed by atoms with E-state index >= 15 is 0 Å². The number of aliphatic carboxylic acids is 2. The topological polar surface area (TPSA) is 290 Å². The molecule has 0 fully saturated rings. The van der Waals surface area contributed by atoms with Gasteiger partial charge in [0.1, 0.15) is 19.1 Å². The van der Waals surface area contributed by atoms with E-state index in [1.807, 2.05) is 5.32 Å². The Labute approximate surface area is 403 Å². The molecular weight excluding hydrogens is 1050 g/mol. The van der Waals surface area contributed by atoms with Gasteiger partial charge in [-0.2, -0.15) is 36.1 Å². The number of nitrogens with zero attached hydrogens (tertiary/aromatic N) is 4. The number of hydrogen-bond acceptors (Lipinski definition) is 15. The molecule has 0 aliphatic heterocycles. The van der Waals surface area contributed by atoms with Crippen molar-refractivity contribution in [3.63, 3.8) is 0 Å². The minimum absolute atomic E-state index is 0.0111. The first-order valence-electron chi connectivity index (χ1n) is 18.0. The number of halogens is 7. The van der Waals surface area contributed by atoms with E-state index < -0.39 is 71.4 Å². The van der Waals surface area contributed by atoms with Gasteiger partial charge in [0.25, 0.3) is 21.0 Å². The van der Waals surface area contributed by atoms with Crippen molar-refractivity contribution in [3.05, 3.63) is 91.4 Å². The Morgan fingerprint density at radius 1 is 0.940 bits per heavy atom. The van der Waals surface area contributed by atoms with Crippen molar-refractivity contribution in [2.24, 2.45) is 0 Å². The molecule has 20 nitrogen and oxygen atoms in total. The Hall–Kier alpha value is -4.82. The maximum atomic E-state index is 12.7. The van der Waals surface area contributed by atoms with Crippen LogP contribution in [0.5, 0.6) is 23.3 Å². The lowest BCUT2D eigenvalue weighted by Crippen LogP contribution is -2.25. The molecule has 0 bridgehead atoms. The second kappa shape index (κ2) is 25.5. The first-order valence-corrected chi connectivity index (χ1v) is 25.2. The zero-order valence-corrected chi connectivity index (χ0v) is 41.3. The lowest BCUT2D eigenvalue weighted by Gasteiger charge is -2.14. The van der Waals surface area contributed by atoms with Crippen LogP contribution in [-0.4, -0.2) is 113 Å². The van der Waals surface area contributed by atoms with Gasteiger partial charge < -0.3 is 43.5 Å². The minimum atomic E-state index is -4.56. The molecule has 0 aliphatic rings. The first-order chi connectivity index (χ1) is 30.9. The normalized spacial score (nSPS) is 12.4. The van der Waals surface area contributed by atoms with Crippen LogP contribution >= 0.6 is 54.0 Å². The van der Waals surface area contributed by atoms with Gasteiger partial charge in [-0.15, -0.1) is 5.10 Å². The average molecular weight is 1090 g/mol. The molecule has 0 radical (unpaired) electrons. The third kappa shape index (κ3) is 19.0. The summed E-state index contributed by atoms with van der Waals surface area (Å²) >= 11 is 23.9. The first kappa shape index (κ1) is 58.3. The maximum Gasteiger partial charge on any atom is 0.416 e. The number of methoxy groups -OCH3 is 2. The van der Waals surface area contributed by atoms with Crippen LogP contribution in [0.2, 0.25) is 20.1 Å². The number of aryl methyl sites for hydroxylation is 1. The number of ether oxygens (including phenoxy) is 4. The molecule has 67 heavy (non-hydrogen) atoms. The molecule has 368 valence electrons. The monoisotopic (exact) mass is 1080 g/mol. The van der Waals surface area contributed by atoms with E-state index in [1.165, 1.54) is 38.5 Å². The van der Waals surface area contributed by atoms with Gasteiger partial charge >= 0.3 is 24.1 Å². The number of anilines is 1. The highest BCUT2D eigenvalue weighted by atomic mass is 35.5. The predicted molar refractivity (Wildman–Crippen MR) is 242 cm³/mol. The molecule has 0 spiro atoms. The molecule has 0 saturated carbocycles. The van der Waals surface area contributed by atoms with E-state index in [0.717, 1.165) is 29.6 Å². The Morgan fingerprint density at radius 2 is 1.55 bits per heavy atom. The number of carbonyl (C=O) groups excluding carboxylic acids is 1. The third-order valence-corrected chi connectivity index (χ3v) is 10.5. The number of carboxylic acids is 2. The fraction of sp³-hybridized carbons (Fsp3) is 0.297. The molecule has 1 unspecified atom stereocenters. The number of carboxylic acid groups (broad SMARTS) is 2. The van der Waals surface area contributed by atoms with Gasteiger partial charge in [-0.3, -0.25) is 14.8 Å². The van der Waals surface area contributed by atoms with Crippen LogP contribution in [0.4, 0.5) is 18.9 Å². The third-order valence-electron chi connectivity index (χ3n) is 7.28. The molecule has 5 N–H and O–H groups in total. The largest absolute Gasteiger partial charge is 0.778 e. The van der Waals surface area contributed by atoms with Gasteiger partial charge in [0.15, 0.2) is 6.10 Å². The van der Waals surface area contributed by atoms with E-state index in [1.54, 1.807) is 13.0 Å². The number of hydrogen-bond donors (Lipinski definition) is 5. The van der Waals surface area contributed by atoms with E-state index in [9.17, 15) is 45.4 Å². The minimum Gasteiger partial charge on any atom is -0.778 e.